The quantitative estimate of drug-likeness (QED) is 0.254. The second kappa shape index (κ2) is 12.6. The van der Waals surface area contributed by atoms with Gasteiger partial charge in [-0.25, -0.2) is 4.98 Å². The number of halogens is 1. The van der Waals surface area contributed by atoms with Crippen LogP contribution in [0.4, 0.5) is 28.8 Å². The van der Waals surface area contributed by atoms with Crippen LogP contribution in [-0.2, 0) is 4.57 Å². The van der Waals surface area contributed by atoms with E-state index in [-0.39, 0.29) is 0 Å². The number of nitrogens with one attached hydrogen (secondary N) is 2. The topological polar surface area (TPSA) is 121 Å². The van der Waals surface area contributed by atoms with E-state index in [4.69, 9.17) is 14.5 Å². The number of nitrogens with zero attached hydrogens (tertiary/aromatic N) is 7. The average Bonchev–Trinajstić information content (AvgIpc) is 3.05. The van der Waals surface area contributed by atoms with Gasteiger partial charge in [0.1, 0.15) is 36.6 Å². The van der Waals surface area contributed by atoms with Crippen LogP contribution in [0, 0.1) is 0 Å². The molecule has 4 aromatic rings. The molecule has 2 saturated heterocycles. The summed E-state index contributed by atoms with van der Waals surface area (Å²) in [4.78, 5) is 25.7. The van der Waals surface area contributed by atoms with Crippen LogP contribution in [0.15, 0.2) is 47.3 Å². The van der Waals surface area contributed by atoms with Crippen LogP contribution in [0.3, 0.4) is 0 Å². The molecule has 0 saturated carbocycles. The molecule has 242 valence electrons. The number of piperazine rings is 1. The van der Waals surface area contributed by atoms with Crippen molar-refractivity contribution in [3.05, 3.63) is 47.3 Å². The maximum atomic E-state index is 13.4. The Morgan fingerprint density at radius 3 is 2.59 bits per heavy atom. The van der Waals surface area contributed by atoms with E-state index in [2.05, 4.69) is 69.3 Å². The summed E-state index contributed by atoms with van der Waals surface area (Å²) in [5.41, 5.74) is 3.70. The summed E-state index contributed by atoms with van der Waals surface area (Å²) in [6, 6.07) is 8.68. The van der Waals surface area contributed by atoms with E-state index in [1.54, 1.807) is 39.0 Å². The Morgan fingerprint density at radius 1 is 1.00 bits per heavy atom. The van der Waals surface area contributed by atoms with E-state index >= 15 is 0 Å². The fourth-order valence-electron chi connectivity index (χ4n) is 6.80. The number of hydrogen-bond donors (Lipinski definition) is 2. The lowest BCUT2D eigenvalue weighted by atomic mass is 9.93. The molecule has 0 amide bonds. The van der Waals surface area contributed by atoms with Crippen LogP contribution >= 0.6 is 23.1 Å². The molecule has 0 bridgehead atoms. The summed E-state index contributed by atoms with van der Waals surface area (Å²) in [6.07, 6.45) is 7.16. The van der Waals surface area contributed by atoms with Gasteiger partial charge in [0.05, 0.1) is 45.5 Å². The smallest absolute Gasteiger partial charge is 0.229 e. The van der Waals surface area contributed by atoms with Crippen LogP contribution in [0.2, 0.25) is 0 Å². The van der Waals surface area contributed by atoms with Crippen LogP contribution in [0.5, 0.6) is 11.5 Å². The van der Waals surface area contributed by atoms with Crippen molar-refractivity contribution in [3.8, 4) is 11.5 Å². The Bertz CT molecular complexity index is 1810. The molecule has 2 aromatic heterocycles. The molecule has 2 N–H and O–H groups in total. The molecule has 7 rings (SSSR count). The highest BCUT2D eigenvalue weighted by atomic mass is 79.9. The summed E-state index contributed by atoms with van der Waals surface area (Å²) in [5.74, 6) is 2.37. The highest BCUT2D eigenvalue weighted by Crippen LogP contribution is 2.45. The third kappa shape index (κ3) is 6.13. The summed E-state index contributed by atoms with van der Waals surface area (Å²) < 4.78 is 26.3. The maximum Gasteiger partial charge on any atom is 0.229 e. The fourth-order valence-corrected chi connectivity index (χ4v) is 8.48. The molecule has 0 radical (unpaired) electrons. The first-order valence-electron chi connectivity index (χ1n) is 15.6. The lowest BCUT2D eigenvalue weighted by Crippen LogP contribution is -2.57. The molecule has 2 fully saturated rings. The summed E-state index contributed by atoms with van der Waals surface area (Å²) >= 11 is 3.57. The zero-order valence-electron chi connectivity index (χ0n) is 26.5. The van der Waals surface area contributed by atoms with E-state index < -0.39 is 7.14 Å². The molecule has 0 spiro atoms. The minimum absolute atomic E-state index is 0.338. The van der Waals surface area contributed by atoms with Gasteiger partial charge in [-0.1, -0.05) is 0 Å². The number of hydrogen-bond acceptors (Lipinski definition) is 12. The van der Waals surface area contributed by atoms with Crippen LogP contribution in [0.1, 0.15) is 12.8 Å². The summed E-state index contributed by atoms with van der Waals surface area (Å²) in [5, 5.41) is 7.31. The van der Waals surface area contributed by atoms with Crippen molar-refractivity contribution in [1.29, 1.82) is 0 Å². The van der Waals surface area contributed by atoms with Gasteiger partial charge >= 0.3 is 0 Å². The van der Waals surface area contributed by atoms with E-state index in [0.717, 1.165) is 57.0 Å². The van der Waals surface area contributed by atoms with E-state index in [1.807, 2.05) is 18.2 Å². The number of piperidine rings is 1. The minimum Gasteiger partial charge on any atom is -0.494 e. The Kier molecular flexibility index (Phi) is 8.52. The largest absolute Gasteiger partial charge is 0.494 e. The van der Waals surface area contributed by atoms with Gasteiger partial charge < -0.3 is 34.5 Å². The number of anilines is 5. The van der Waals surface area contributed by atoms with Crippen molar-refractivity contribution in [1.82, 2.24) is 29.7 Å². The number of ether oxygens (including phenoxy) is 2. The monoisotopic (exact) mass is 707 g/mol. The van der Waals surface area contributed by atoms with Crippen molar-refractivity contribution in [3.63, 3.8) is 0 Å². The lowest BCUT2D eigenvalue weighted by Gasteiger charge is -2.48. The van der Waals surface area contributed by atoms with Crippen LogP contribution in [0.25, 0.3) is 11.0 Å². The SMILES string of the molecule is COc1cc2c(cc1Nc1ncc(Br)c(Nc3ccc4nccnc4c3P(C)(C)=O)n1)OC[C@H]1C[C@H](N3CCN(C)CC3)CCN21. The normalized spacial score (nSPS) is 20.5. The van der Waals surface area contributed by atoms with Crippen molar-refractivity contribution in [2.24, 2.45) is 0 Å². The lowest BCUT2D eigenvalue weighted by molar-refractivity contribution is 0.0822. The zero-order chi connectivity index (χ0) is 32.0. The number of likely N-dealkylation sites (N-methyl/N-ethyl adjacent to an activating group) is 1. The highest BCUT2D eigenvalue weighted by Gasteiger charge is 2.37. The van der Waals surface area contributed by atoms with Crippen molar-refractivity contribution in [2.75, 3.05) is 82.4 Å². The highest BCUT2D eigenvalue weighted by molar-refractivity contribution is 9.10. The molecule has 0 aliphatic carbocycles. The molecule has 3 aliphatic heterocycles. The Balaban J connectivity index is 1.12. The summed E-state index contributed by atoms with van der Waals surface area (Å²) in [6.45, 7) is 9.65. The number of rotatable bonds is 7. The molecular formula is C32H39BrN9O3P. The minimum atomic E-state index is -2.74. The number of methoxy groups -OCH3 is 1. The first kappa shape index (κ1) is 31.1. The van der Waals surface area contributed by atoms with Gasteiger partial charge in [0.25, 0.3) is 0 Å². The van der Waals surface area contributed by atoms with E-state index in [0.29, 0.717) is 68.4 Å². The van der Waals surface area contributed by atoms with Gasteiger partial charge in [0.15, 0.2) is 0 Å². The predicted octanol–water partition coefficient (Wildman–Crippen LogP) is 4.90. The summed E-state index contributed by atoms with van der Waals surface area (Å²) in [7, 11) is 1.13. The van der Waals surface area contributed by atoms with Gasteiger partial charge in [0, 0.05) is 69.5 Å². The first-order valence-corrected chi connectivity index (χ1v) is 19.0. The van der Waals surface area contributed by atoms with Gasteiger partial charge in [-0.2, -0.15) is 4.98 Å². The number of benzene rings is 2. The maximum absolute atomic E-state index is 13.4. The first-order chi connectivity index (χ1) is 22.2. The third-order valence-electron chi connectivity index (χ3n) is 9.16. The molecule has 5 heterocycles. The second-order valence-corrected chi connectivity index (χ2v) is 16.6. The fraction of sp³-hybridized carbons (Fsp3) is 0.438. The van der Waals surface area contributed by atoms with Crippen LogP contribution < -0.4 is 30.3 Å². The van der Waals surface area contributed by atoms with Gasteiger partial charge in [-0.3, -0.25) is 14.9 Å². The van der Waals surface area contributed by atoms with E-state index in [9.17, 15) is 4.57 Å². The molecule has 0 unspecified atom stereocenters. The molecule has 12 nitrogen and oxygen atoms in total. The Labute approximate surface area is 277 Å². The average molecular weight is 709 g/mol. The Morgan fingerprint density at radius 2 is 1.80 bits per heavy atom. The van der Waals surface area contributed by atoms with Crippen LogP contribution in [-0.4, -0.2) is 109 Å². The second-order valence-electron chi connectivity index (χ2n) is 12.6. The predicted molar refractivity (Wildman–Crippen MR) is 187 cm³/mol. The van der Waals surface area contributed by atoms with Gasteiger partial charge in [-0.05, 0) is 61.3 Å². The standard InChI is InChI=1S/C32H39BrN9O3P/c1-40-11-13-41(14-12-40)20-7-10-42-21(15-20)19-45-28-16-25(27(44-2)17-26(28)42)38-32-36-18-22(33)31(39-32)37-24-6-5-23-29(35-9-8-34-23)30(24)46(3,4)43/h5-6,8-9,16-18,20-21H,7,10-15,19H2,1-4H3,(H2,36,37,38,39)/t20-,21-/m1/s1. The molecule has 46 heavy (non-hydrogen) atoms. The third-order valence-corrected chi connectivity index (χ3v) is 11.3. The van der Waals surface area contributed by atoms with Gasteiger partial charge in [-0.15, -0.1) is 0 Å². The number of aromatic nitrogens is 4. The molecular weight excluding hydrogens is 669 g/mol. The van der Waals surface area contributed by atoms with Crippen molar-refractivity contribution < 1.29 is 14.0 Å². The van der Waals surface area contributed by atoms with Crippen molar-refractivity contribution in [2.45, 2.75) is 24.9 Å². The molecule has 2 aromatic carbocycles. The van der Waals surface area contributed by atoms with Gasteiger partial charge in [0.2, 0.25) is 5.95 Å². The zero-order valence-corrected chi connectivity index (χ0v) is 29.0. The Hall–Kier alpha value is -3.51. The number of fused-ring (bicyclic) bond motifs is 4. The molecule has 3 aliphatic rings. The van der Waals surface area contributed by atoms with E-state index in [1.165, 1.54) is 0 Å². The molecule has 2 atom stereocenters. The molecule has 14 heteroatoms. The van der Waals surface area contributed by atoms with Crippen molar-refractivity contribution >= 4 is 68.2 Å².